The van der Waals surface area contributed by atoms with Gasteiger partial charge < -0.3 is 25.1 Å². The van der Waals surface area contributed by atoms with Gasteiger partial charge in [0.15, 0.2) is 5.76 Å². The molecule has 0 aliphatic carbocycles. The van der Waals surface area contributed by atoms with Crippen LogP contribution in [0, 0.1) is 0 Å². The van der Waals surface area contributed by atoms with Crippen molar-refractivity contribution < 1.29 is 18.7 Å². The van der Waals surface area contributed by atoms with Crippen molar-refractivity contribution in [3.63, 3.8) is 0 Å². The van der Waals surface area contributed by atoms with Crippen molar-refractivity contribution in [2.24, 2.45) is 0 Å². The first kappa shape index (κ1) is 20.4. The molecule has 27 heavy (non-hydrogen) atoms. The van der Waals surface area contributed by atoms with Crippen molar-refractivity contribution in [2.75, 3.05) is 26.2 Å². The molecule has 0 bridgehead atoms. The number of furan rings is 1. The van der Waals surface area contributed by atoms with Gasteiger partial charge in [0.05, 0.1) is 12.8 Å². The normalized spacial score (nSPS) is 10.9. The third-order valence-electron chi connectivity index (χ3n) is 3.82. The van der Waals surface area contributed by atoms with Crippen molar-refractivity contribution in [3.8, 4) is 5.75 Å². The number of rotatable bonds is 8. The van der Waals surface area contributed by atoms with Gasteiger partial charge in [-0.1, -0.05) is 32.9 Å². The molecule has 0 spiro atoms. The molecule has 0 aliphatic heterocycles. The van der Waals surface area contributed by atoms with Crippen molar-refractivity contribution in [2.45, 2.75) is 26.2 Å². The largest absolute Gasteiger partial charge is 0.492 e. The fourth-order valence-corrected chi connectivity index (χ4v) is 2.29. The molecule has 3 N–H and O–H groups in total. The minimum atomic E-state index is -0.312. The Balaban J connectivity index is 1.55. The number of nitrogens with one attached hydrogen (secondary N) is 3. The molecule has 7 nitrogen and oxygen atoms in total. The molecule has 1 heterocycles. The van der Waals surface area contributed by atoms with Crippen molar-refractivity contribution in [1.29, 1.82) is 0 Å². The molecule has 7 heteroatoms. The van der Waals surface area contributed by atoms with E-state index in [9.17, 15) is 9.59 Å². The van der Waals surface area contributed by atoms with E-state index >= 15 is 0 Å². The zero-order valence-corrected chi connectivity index (χ0v) is 16.0. The summed E-state index contributed by atoms with van der Waals surface area (Å²) in [5, 5.41) is 8.00. The first-order chi connectivity index (χ1) is 12.9. The number of benzene rings is 1. The van der Waals surface area contributed by atoms with Gasteiger partial charge in [-0.05, 0) is 35.2 Å². The summed E-state index contributed by atoms with van der Waals surface area (Å²) < 4.78 is 10.6. The van der Waals surface area contributed by atoms with Crippen molar-refractivity contribution in [3.05, 3.63) is 54.0 Å². The number of carbonyl (C=O) groups is 2. The van der Waals surface area contributed by atoms with Crippen molar-refractivity contribution >= 4 is 11.9 Å². The van der Waals surface area contributed by atoms with Crippen LogP contribution in [0.2, 0.25) is 0 Å². The molecule has 1 aromatic heterocycles. The molecule has 1 aromatic carbocycles. The molecule has 0 radical (unpaired) electrons. The van der Waals surface area contributed by atoms with Crippen molar-refractivity contribution in [1.82, 2.24) is 16.0 Å². The Bertz CT molecular complexity index is 719. The molecule has 0 saturated carbocycles. The van der Waals surface area contributed by atoms with Gasteiger partial charge in [-0.25, -0.2) is 4.79 Å². The smallest absolute Gasteiger partial charge is 0.314 e. The molecular weight excluding hydrogens is 346 g/mol. The van der Waals surface area contributed by atoms with Gasteiger partial charge in [0.2, 0.25) is 0 Å². The summed E-state index contributed by atoms with van der Waals surface area (Å²) in [4.78, 5) is 23.3. The van der Waals surface area contributed by atoms with E-state index in [1.165, 1.54) is 11.8 Å². The summed E-state index contributed by atoms with van der Waals surface area (Å²) in [6.45, 7) is 7.86. The summed E-state index contributed by atoms with van der Waals surface area (Å²) in [7, 11) is 0. The van der Waals surface area contributed by atoms with Gasteiger partial charge in [0, 0.05) is 13.1 Å². The number of ether oxygens (including phenoxy) is 1. The first-order valence-electron chi connectivity index (χ1n) is 8.93. The highest BCUT2D eigenvalue weighted by Crippen LogP contribution is 2.24. The SMILES string of the molecule is CC(C)(C)c1ccc(OCCNC(=O)NCCNC(=O)c2ccco2)cc1. The van der Waals surface area contributed by atoms with Crippen LogP contribution in [0.1, 0.15) is 36.9 Å². The Kier molecular flexibility index (Phi) is 7.28. The number of urea groups is 1. The predicted octanol–water partition coefficient (Wildman–Crippen LogP) is 2.69. The van der Waals surface area contributed by atoms with Crippen LogP contribution in [0.4, 0.5) is 4.79 Å². The highest BCUT2D eigenvalue weighted by Gasteiger charge is 2.13. The van der Waals surface area contributed by atoms with Crippen LogP contribution >= 0.6 is 0 Å². The molecule has 0 saturated heterocycles. The Labute approximate surface area is 159 Å². The van der Waals surface area contributed by atoms with Crippen LogP contribution in [-0.4, -0.2) is 38.2 Å². The monoisotopic (exact) mass is 373 g/mol. The number of amides is 3. The number of hydrogen-bond acceptors (Lipinski definition) is 4. The molecule has 2 rings (SSSR count). The molecule has 146 valence electrons. The number of hydrogen-bond donors (Lipinski definition) is 3. The van der Waals surface area contributed by atoms with Crippen LogP contribution in [0.5, 0.6) is 5.75 Å². The standard InChI is InChI=1S/C20H27N3O4/c1-20(2,3)15-6-8-16(9-7-15)26-14-12-23-19(25)22-11-10-21-18(24)17-5-4-13-27-17/h4-9,13H,10-12,14H2,1-3H3,(H,21,24)(H2,22,23,25). The van der Waals surface area contributed by atoms with E-state index in [4.69, 9.17) is 9.15 Å². The fourth-order valence-electron chi connectivity index (χ4n) is 2.29. The quantitative estimate of drug-likeness (QED) is 0.620. The van der Waals surface area contributed by atoms with Crippen LogP contribution in [0.15, 0.2) is 47.1 Å². The van der Waals surface area contributed by atoms with Gasteiger partial charge in [-0.2, -0.15) is 0 Å². The van der Waals surface area contributed by atoms with Crippen LogP contribution in [0.25, 0.3) is 0 Å². The lowest BCUT2D eigenvalue weighted by molar-refractivity contribution is 0.0926. The predicted molar refractivity (Wildman–Crippen MR) is 103 cm³/mol. The van der Waals surface area contributed by atoms with Crippen LogP contribution in [-0.2, 0) is 5.41 Å². The van der Waals surface area contributed by atoms with Gasteiger partial charge >= 0.3 is 6.03 Å². The van der Waals surface area contributed by atoms with E-state index in [-0.39, 0.29) is 23.1 Å². The van der Waals surface area contributed by atoms with Crippen LogP contribution in [0.3, 0.4) is 0 Å². The minimum Gasteiger partial charge on any atom is -0.492 e. The second-order valence-electron chi connectivity index (χ2n) is 7.04. The molecular formula is C20H27N3O4. The Morgan fingerprint density at radius 2 is 1.63 bits per heavy atom. The van der Waals surface area contributed by atoms with Gasteiger partial charge in [-0.3, -0.25) is 4.79 Å². The van der Waals surface area contributed by atoms with E-state index in [1.807, 2.05) is 24.3 Å². The van der Waals surface area contributed by atoms with Gasteiger partial charge in [0.25, 0.3) is 5.91 Å². The van der Waals surface area contributed by atoms with Crippen LogP contribution < -0.4 is 20.7 Å². The molecule has 0 atom stereocenters. The Hall–Kier alpha value is -2.96. The summed E-state index contributed by atoms with van der Waals surface area (Å²) in [6.07, 6.45) is 1.43. The third-order valence-corrected chi connectivity index (χ3v) is 3.82. The Morgan fingerprint density at radius 1 is 0.963 bits per heavy atom. The molecule has 0 unspecified atom stereocenters. The molecule has 0 fully saturated rings. The lowest BCUT2D eigenvalue weighted by Gasteiger charge is -2.19. The Morgan fingerprint density at radius 3 is 2.26 bits per heavy atom. The third kappa shape index (κ3) is 7.05. The maximum Gasteiger partial charge on any atom is 0.314 e. The lowest BCUT2D eigenvalue weighted by Crippen LogP contribution is -2.41. The molecule has 3 amide bonds. The van der Waals surface area contributed by atoms with Gasteiger partial charge in [0.1, 0.15) is 12.4 Å². The summed E-state index contributed by atoms with van der Waals surface area (Å²) in [6, 6.07) is 10.9. The zero-order chi connectivity index (χ0) is 19.7. The number of carbonyl (C=O) groups excluding carboxylic acids is 2. The second-order valence-corrected chi connectivity index (χ2v) is 7.04. The minimum absolute atomic E-state index is 0.107. The average molecular weight is 373 g/mol. The van der Waals surface area contributed by atoms with E-state index in [0.29, 0.717) is 26.2 Å². The lowest BCUT2D eigenvalue weighted by atomic mass is 9.87. The molecule has 2 aromatic rings. The summed E-state index contributed by atoms with van der Waals surface area (Å²) in [5.41, 5.74) is 1.35. The zero-order valence-electron chi connectivity index (χ0n) is 16.0. The summed E-state index contributed by atoms with van der Waals surface area (Å²) >= 11 is 0. The maximum atomic E-state index is 11.7. The maximum absolute atomic E-state index is 11.7. The average Bonchev–Trinajstić information content (AvgIpc) is 3.17. The highest BCUT2D eigenvalue weighted by atomic mass is 16.5. The second kappa shape index (κ2) is 9.66. The molecule has 0 aliphatic rings. The van der Waals surface area contributed by atoms with Gasteiger partial charge in [-0.15, -0.1) is 0 Å². The fraction of sp³-hybridized carbons (Fsp3) is 0.400. The van der Waals surface area contributed by atoms with E-state index < -0.39 is 0 Å². The van der Waals surface area contributed by atoms with E-state index in [0.717, 1.165) is 5.75 Å². The first-order valence-corrected chi connectivity index (χ1v) is 8.93. The summed E-state index contributed by atoms with van der Waals surface area (Å²) in [5.74, 6) is 0.700. The van der Waals surface area contributed by atoms with E-state index in [2.05, 4.69) is 36.7 Å². The topological polar surface area (TPSA) is 92.6 Å². The highest BCUT2D eigenvalue weighted by molar-refractivity contribution is 5.91. The van der Waals surface area contributed by atoms with E-state index in [1.54, 1.807) is 12.1 Å².